The van der Waals surface area contributed by atoms with Crippen molar-refractivity contribution < 1.29 is 9.18 Å². The number of amides is 1. The number of halogens is 2. The Morgan fingerprint density at radius 2 is 1.79 bits per heavy atom. The highest BCUT2D eigenvalue weighted by Crippen LogP contribution is 2.21. The first-order valence-electron chi connectivity index (χ1n) is 8.56. The van der Waals surface area contributed by atoms with Crippen molar-refractivity contribution in [2.45, 2.75) is 0 Å². The molecule has 0 bridgehead atoms. The third kappa shape index (κ3) is 4.39. The highest BCUT2D eigenvalue weighted by Gasteiger charge is 2.11. The van der Waals surface area contributed by atoms with Crippen LogP contribution in [0.25, 0.3) is 5.82 Å². The second kappa shape index (κ2) is 8.07. The number of nitrogens with one attached hydrogen (secondary N) is 2. The summed E-state index contributed by atoms with van der Waals surface area (Å²) in [6.45, 7) is 0. The van der Waals surface area contributed by atoms with Gasteiger partial charge in [-0.1, -0.05) is 11.6 Å². The maximum absolute atomic E-state index is 13.1. The Balaban J connectivity index is 1.40. The summed E-state index contributed by atoms with van der Waals surface area (Å²) in [5, 5.41) is 18.2. The van der Waals surface area contributed by atoms with Crippen molar-refractivity contribution in [3.8, 4) is 5.82 Å². The van der Waals surface area contributed by atoms with Crippen LogP contribution >= 0.6 is 11.6 Å². The average molecular weight is 409 g/mol. The van der Waals surface area contributed by atoms with Crippen LogP contribution in [0.1, 0.15) is 10.4 Å². The molecule has 7 nitrogen and oxygen atoms in total. The maximum Gasteiger partial charge on any atom is 0.257 e. The van der Waals surface area contributed by atoms with E-state index in [-0.39, 0.29) is 10.6 Å². The van der Waals surface area contributed by atoms with E-state index in [0.717, 1.165) is 11.8 Å². The van der Waals surface area contributed by atoms with E-state index in [1.807, 2.05) is 0 Å². The van der Waals surface area contributed by atoms with Gasteiger partial charge in [-0.3, -0.25) is 4.79 Å². The van der Waals surface area contributed by atoms with Gasteiger partial charge in [0.1, 0.15) is 5.82 Å². The van der Waals surface area contributed by atoms with E-state index in [2.05, 4.69) is 25.9 Å². The molecule has 0 fully saturated rings. The molecule has 0 saturated carbocycles. The number of nitrogens with zero attached hydrogens (tertiary/aromatic N) is 4. The Morgan fingerprint density at radius 3 is 2.45 bits per heavy atom. The third-order valence-corrected chi connectivity index (χ3v) is 4.29. The van der Waals surface area contributed by atoms with E-state index in [1.165, 1.54) is 12.1 Å². The van der Waals surface area contributed by atoms with Crippen molar-refractivity contribution in [3.63, 3.8) is 0 Å². The summed E-state index contributed by atoms with van der Waals surface area (Å²) in [6.07, 6.45) is 3.45. The summed E-state index contributed by atoms with van der Waals surface area (Å²) in [5.41, 5.74) is 1.54. The molecule has 4 rings (SSSR count). The van der Waals surface area contributed by atoms with Crippen LogP contribution in [0.3, 0.4) is 0 Å². The van der Waals surface area contributed by atoms with Gasteiger partial charge >= 0.3 is 0 Å². The molecule has 1 amide bonds. The predicted molar refractivity (Wildman–Crippen MR) is 108 cm³/mol. The Bertz CT molecular complexity index is 1130. The molecule has 2 aromatic carbocycles. The zero-order chi connectivity index (χ0) is 20.2. The van der Waals surface area contributed by atoms with Gasteiger partial charge in [0.05, 0.1) is 10.6 Å². The molecule has 2 aromatic heterocycles. The highest BCUT2D eigenvalue weighted by molar-refractivity contribution is 6.34. The lowest BCUT2D eigenvalue weighted by Crippen LogP contribution is -2.12. The van der Waals surface area contributed by atoms with Gasteiger partial charge in [-0.2, -0.15) is 5.10 Å². The zero-order valence-electron chi connectivity index (χ0n) is 14.9. The van der Waals surface area contributed by atoms with Gasteiger partial charge in [0.25, 0.3) is 5.91 Å². The fourth-order valence-corrected chi connectivity index (χ4v) is 2.83. The van der Waals surface area contributed by atoms with Crippen LogP contribution in [-0.2, 0) is 0 Å². The van der Waals surface area contributed by atoms with Crippen LogP contribution < -0.4 is 10.6 Å². The lowest BCUT2D eigenvalue weighted by atomic mass is 10.2. The number of anilines is 3. The van der Waals surface area contributed by atoms with E-state index in [0.29, 0.717) is 17.3 Å². The highest BCUT2D eigenvalue weighted by atomic mass is 35.5. The molecule has 144 valence electrons. The topological polar surface area (TPSA) is 84.7 Å². The van der Waals surface area contributed by atoms with Crippen molar-refractivity contribution in [2.75, 3.05) is 10.6 Å². The van der Waals surface area contributed by atoms with Gasteiger partial charge in [-0.15, -0.1) is 10.2 Å². The molecule has 0 aliphatic rings. The molecule has 0 radical (unpaired) electrons. The minimum absolute atomic E-state index is 0.0536. The standard InChI is InChI=1S/C20H14ClFN6O/c21-17-12-13(22)2-7-16(17)20(29)25-15-5-3-14(4-6-15)24-18-8-9-19(27-26-18)28-11-1-10-23-28/h1-12H,(H,24,26)(H,25,29). The monoisotopic (exact) mass is 408 g/mol. The molecular formula is C20H14ClFN6O. The van der Waals surface area contributed by atoms with Crippen molar-refractivity contribution >= 4 is 34.7 Å². The molecule has 0 aliphatic carbocycles. The lowest BCUT2D eigenvalue weighted by Gasteiger charge is -2.09. The number of carbonyl (C=O) groups is 1. The number of hydrogen-bond acceptors (Lipinski definition) is 5. The summed E-state index contributed by atoms with van der Waals surface area (Å²) < 4.78 is 14.7. The SMILES string of the molecule is O=C(Nc1ccc(Nc2ccc(-n3cccn3)nn2)cc1)c1ccc(F)cc1Cl. The summed E-state index contributed by atoms with van der Waals surface area (Å²) in [5.74, 6) is 0.257. The van der Waals surface area contributed by atoms with E-state index >= 15 is 0 Å². The molecule has 0 spiro atoms. The van der Waals surface area contributed by atoms with Gasteiger partial charge in [0.15, 0.2) is 11.6 Å². The van der Waals surface area contributed by atoms with Crippen molar-refractivity contribution in [3.05, 3.63) is 89.5 Å². The van der Waals surface area contributed by atoms with Gasteiger partial charge in [0, 0.05) is 23.8 Å². The van der Waals surface area contributed by atoms with Crippen LogP contribution in [-0.4, -0.2) is 25.9 Å². The minimum atomic E-state index is -0.497. The quantitative estimate of drug-likeness (QED) is 0.509. The zero-order valence-corrected chi connectivity index (χ0v) is 15.6. The number of hydrogen-bond donors (Lipinski definition) is 2. The van der Waals surface area contributed by atoms with Gasteiger partial charge in [-0.05, 0) is 60.7 Å². The number of aromatic nitrogens is 4. The van der Waals surface area contributed by atoms with Crippen LogP contribution in [0.2, 0.25) is 5.02 Å². The molecule has 0 unspecified atom stereocenters. The second-order valence-corrected chi connectivity index (χ2v) is 6.42. The third-order valence-electron chi connectivity index (χ3n) is 3.98. The molecule has 0 saturated heterocycles. The smallest absolute Gasteiger partial charge is 0.257 e. The van der Waals surface area contributed by atoms with Gasteiger partial charge < -0.3 is 10.6 Å². The summed E-state index contributed by atoms with van der Waals surface area (Å²) >= 11 is 5.92. The summed E-state index contributed by atoms with van der Waals surface area (Å²) in [4.78, 5) is 12.3. The first-order valence-corrected chi connectivity index (χ1v) is 8.93. The van der Waals surface area contributed by atoms with Gasteiger partial charge in [-0.25, -0.2) is 9.07 Å². The number of carbonyl (C=O) groups excluding carboxylic acids is 1. The van der Waals surface area contributed by atoms with Gasteiger partial charge in [0.2, 0.25) is 0 Å². The molecule has 0 atom stereocenters. The van der Waals surface area contributed by atoms with E-state index < -0.39 is 11.7 Å². The molecule has 9 heteroatoms. The molecule has 2 N–H and O–H groups in total. The predicted octanol–water partition coefficient (Wildman–Crippen LogP) is 4.45. The number of rotatable bonds is 5. The molecule has 4 aromatic rings. The first kappa shape index (κ1) is 18.6. The maximum atomic E-state index is 13.1. The van der Waals surface area contributed by atoms with Crippen LogP contribution in [0.5, 0.6) is 0 Å². The minimum Gasteiger partial charge on any atom is -0.339 e. The number of benzene rings is 2. The largest absolute Gasteiger partial charge is 0.339 e. The Morgan fingerprint density at radius 1 is 1.00 bits per heavy atom. The summed E-state index contributed by atoms with van der Waals surface area (Å²) in [7, 11) is 0. The lowest BCUT2D eigenvalue weighted by molar-refractivity contribution is 0.102. The van der Waals surface area contributed by atoms with Crippen LogP contribution in [0.4, 0.5) is 21.6 Å². The Labute approximate surface area is 170 Å². The van der Waals surface area contributed by atoms with Crippen molar-refractivity contribution in [2.24, 2.45) is 0 Å². The average Bonchev–Trinajstić information content (AvgIpc) is 3.25. The second-order valence-electron chi connectivity index (χ2n) is 6.01. The summed E-state index contributed by atoms with van der Waals surface area (Å²) in [6, 6.07) is 16.0. The molecule has 0 aliphatic heterocycles. The first-order chi connectivity index (χ1) is 14.1. The van der Waals surface area contributed by atoms with Crippen molar-refractivity contribution in [1.82, 2.24) is 20.0 Å². The van der Waals surface area contributed by atoms with Crippen LogP contribution in [0.15, 0.2) is 73.1 Å². The molecule has 29 heavy (non-hydrogen) atoms. The van der Waals surface area contributed by atoms with E-state index in [1.54, 1.807) is 59.5 Å². The van der Waals surface area contributed by atoms with E-state index in [9.17, 15) is 9.18 Å². The molecular weight excluding hydrogens is 395 g/mol. The van der Waals surface area contributed by atoms with E-state index in [4.69, 9.17) is 11.6 Å². The normalized spacial score (nSPS) is 10.6. The Kier molecular flexibility index (Phi) is 5.17. The molecule has 2 heterocycles. The fraction of sp³-hybridized carbons (Fsp3) is 0. The fourth-order valence-electron chi connectivity index (χ4n) is 2.58. The van der Waals surface area contributed by atoms with Crippen molar-refractivity contribution in [1.29, 1.82) is 0 Å². The van der Waals surface area contributed by atoms with Crippen LogP contribution in [0, 0.1) is 5.82 Å². The Hall–Kier alpha value is -3.78.